The number of hydrogen-bond donors (Lipinski definition) is 2. The number of methoxy groups -OCH3 is 1. The van der Waals surface area contributed by atoms with Gasteiger partial charge < -0.3 is 4.74 Å². The van der Waals surface area contributed by atoms with Crippen LogP contribution in [-0.2, 0) is 0 Å². The van der Waals surface area contributed by atoms with Crippen LogP contribution in [0.1, 0.15) is 10.4 Å². The highest BCUT2D eigenvalue weighted by atomic mass is 32.2. The van der Waals surface area contributed by atoms with Crippen molar-refractivity contribution in [2.24, 2.45) is 5.14 Å². The number of para-hydroxylation sites is 1. The minimum atomic E-state index is -0.451. The van der Waals surface area contributed by atoms with E-state index in [4.69, 9.17) is 9.88 Å². The number of carbonyl (C=O) groups is 1. The highest BCUT2D eigenvalue weighted by Gasteiger charge is 2.21. The van der Waals surface area contributed by atoms with E-state index in [-0.39, 0.29) is 5.78 Å². The molecule has 5 heteroatoms. The molecular formula is C11H14N2O2S. The van der Waals surface area contributed by atoms with Gasteiger partial charge in [-0.2, -0.15) is 0 Å². The lowest BCUT2D eigenvalue weighted by atomic mass is 10.1. The molecule has 3 N–H and O–H groups in total. The summed E-state index contributed by atoms with van der Waals surface area (Å²) in [6, 6.07) is 7.19. The Labute approximate surface area is 96.8 Å². The Kier molecular flexibility index (Phi) is 3.38. The summed E-state index contributed by atoms with van der Waals surface area (Å²) in [6.45, 7) is 0.774. The number of ketones is 1. The predicted molar refractivity (Wildman–Crippen MR) is 67.0 cm³/mol. The zero-order valence-electron chi connectivity index (χ0n) is 9.03. The number of carbonyl (C=O) groups excluding carboxylic acids is 1. The molecule has 0 radical (unpaired) electrons. The van der Waals surface area contributed by atoms with Gasteiger partial charge in [-0.15, -0.1) is 10.7 Å². The van der Waals surface area contributed by atoms with Crippen molar-refractivity contribution in [1.29, 1.82) is 0 Å². The van der Waals surface area contributed by atoms with Gasteiger partial charge in [-0.1, -0.05) is 12.1 Å². The Hall–Kier alpha value is -1.17. The van der Waals surface area contributed by atoms with Crippen molar-refractivity contribution in [3.05, 3.63) is 29.8 Å². The number of Topliss-reactive ketones (excluding diaryl/α,β-unsaturated/α-hetero) is 1. The molecule has 1 aliphatic heterocycles. The molecular weight excluding hydrogens is 224 g/mol. The molecule has 0 spiro atoms. The number of ether oxygens (including phenoxy) is 1. The normalized spacial score (nSPS) is 19.9. The first-order valence-corrected chi connectivity index (χ1v) is 6.43. The van der Waals surface area contributed by atoms with Gasteiger partial charge >= 0.3 is 0 Å². The molecule has 1 aromatic rings. The molecule has 2 rings (SSSR count). The standard InChI is InChI=1S/C11H14N2O2S/c1-15-9-5-3-2-4-8(9)10(14)11-13-6-7-16(11)12/h2-5,13H,6-7,12H2,1H3. The van der Waals surface area contributed by atoms with Crippen LogP contribution < -0.4 is 15.2 Å². The molecule has 1 heterocycles. The molecule has 1 aromatic carbocycles. The molecule has 86 valence electrons. The smallest absolute Gasteiger partial charge is 0.214 e. The van der Waals surface area contributed by atoms with E-state index >= 15 is 0 Å². The van der Waals surface area contributed by atoms with Gasteiger partial charge in [-0.05, 0) is 12.1 Å². The predicted octanol–water partition coefficient (Wildman–Crippen LogP) is 0.754. The molecule has 0 fully saturated rings. The van der Waals surface area contributed by atoms with Crippen molar-refractivity contribution >= 4 is 21.4 Å². The van der Waals surface area contributed by atoms with Gasteiger partial charge in [0.15, 0.2) is 0 Å². The molecule has 1 unspecified atom stereocenters. The van der Waals surface area contributed by atoms with Crippen molar-refractivity contribution in [2.75, 3.05) is 19.4 Å². The largest absolute Gasteiger partial charge is 0.496 e. The molecule has 16 heavy (non-hydrogen) atoms. The van der Waals surface area contributed by atoms with Gasteiger partial charge in [0.05, 0.1) is 12.7 Å². The fourth-order valence-electron chi connectivity index (χ4n) is 1.62. The summed E-state index contributed by atoms with van der Waals surface area (Å²) < 4.78 is 5.16. The summed E-state index contributed by atoms with van der Waals surface area (Å²) in [7, 11) is 1.11. The number of benzene rings is 1. The molecule has 1 aliphatic rings. The zero-order chi connectivity index (χ0) is 11.5. The third-order valence-corrected chi connectivity index (χ3v) is 3.93. The van der Waals surface area contributed by atoms with E-state index in [0.29, 0.717) is 16.3 Å². The maximum atomic E-state index is 12.2. The van der Waals surface area contributed by atoms with Gasteiger partial charge in [0.2, 0.25) is 5.78 Å². The van der Waals surface area contributed by atoms with E-state index in [1.54, 1.807) is 19.2 Å². The lowest BCUT2D eigenvalue weighted by Gasteiger charge is -2.08. The van der Waals surface area contributed by atoms with E-state index in [1.165, 1.54) is 0 Å². The first kappa shape index (κ1) is 11.3. The van der Waals surface area contributed by atoms with E-state index in [9.17, 15) is 4.79 Å². The van der Waals surface area contributed by atoms with E-state index < -0.39 is 10.7 Å². The van der Waals surface area contributed by atoms with Crippen molar-refractivity contribution in [3.8, 4) is 5.75 Å². The van der Waals surface area contributed by atoms with Gasteiger partial charge in [0.1, 0.15) is 10.7 Å². The summed E-state index contributed by atoms with van der Waals surface area (Å²) in [6.07, 6.45) is 0. The molecule has 0 saturated carbocycles. The van der Waals surface area contributed by atoms with Crippen LogP contribution >= 0.6 is 10.7 Å². The van der Waals surface area contributed by atoms with Crippen molar-refractivity contribution in [1.82, 2.24) is 5.32 Å². The van der Waals surface area contributed by atoms with Crippen LogP contribution in [0.5, 0.6) is 5.75 Å². The van der Waals surface area contributed by atoms with Crippen LogP contribution in [0.2, 0.25) is 0 Å². The molecule has 0 aliphatic carbocycles. The second-order valence-corrected chi connectivity index (χ2v) is 5.09. The van der Waals surface area contributed by atoms with Crippen molar-refractivity contribution in [2.45, 2.75) is 0 Å². The Morgan fingerprint density at radius 2 is 2.25 bits per heavy atom. The van der Waals surface area contributed by atoms with Gasteiger partial charge in [-0.25, -0.2) is 0 Å². The minimum absolute atomic E-state index is 0.0548. The average Bonchev–Trinajstić information content (AvgIpc) is 2.74. The molecule has 0 aromatic heterocycles. The average molecular weight is 238 g/mol. The number of nitrogens with one attached hydrogen (secondary N) is 1. The first-order chi connectivity index (χ1) is 7.74. The fourth-order valence-corrected chi connectivity index (χ4v) is 2.78. The SMILES string of the molecule is COc1ccccc1C(=O)C1=S(N)CCN1. The third kappa shape index (κ3) is 2.02. The van der Waals surface area contributed by atoms with Crippen LogP contribution in [0.4, 0.5) is 0 Å². The summed E-state index contributed by atoms with van der Waals surface area (Å²) in [5.74, 6) is 1.36. The lowest BCUT2D eigenvalue weighted by Crippen LogP contribution is -2.28. The van der Waals surface area contributed by atoms with Gasteiger partial charge in [0, 0.05) is 12.3 Å². The molecule has 1 atom stereocenters. The first-order valence-electron chi connectivity index (χ1n) is 4.98. The minimum Gasteiger partial charge on any atom is -0.496 e. The molecule has 4 nitrogen and oxygen atoms in total. The number of nitrogens with two attached hydrogens (primary N) is 1. The molecule has 0 saturated heterocycles. The quantitative estimate of drug-likeness (QED) is 0.602. The summed E-state index contributed by atoms with van der Waals surface area (Å²) in [5.41, 5.74) is 0.567. The Balaban J connectivity index is 2.38. The van der Waals surface area contributed by atoms with Crippen LogP contribution in [-0.4, -0.2) is 30.2 Å². The summed E-state index contributed by atoms with van der Waals surface area (Å²) >= 11 is 0. The van der Waals surface area contributed by atoms with Crippen LogP contribution in [0, 0.1) is 0 Å². The van der Waals surface area contributed by atoms with Crippen molar-refractivity contribution in [3.63, 3.8) is 0 Å². The van der Waals surface area contributed by atoms with E-state index in [0.717, 1.165) is 12.3 Å². The summed E-state index contributed by atoms with van der Waals surface area (Å²) in [4.78, 5) is 12.8. The fraction of sp³-hybridized carbons (Fsp3) is 0.273. The topological polar surface area (TPSA) is 64.3 Å². The van der Waals surface area contributed by atoms with E-state index in [1.807, 2.05) is 12.1 Å². The van der Waals surface area contributed by atoms with Crippen molar-refractivity contribution < 1.29 is 9.53 Å². The maximum absolute atomic E-state index is 12.2. The Morgan fingerprint density at radius 3 is 2.88 bits per heavy atom. The third-order valence-electron chi connectivity index (χ3n) is 2.43. The van der Waals surface area contributed by atoms with Crippen LogP contribution in [0.25, 0.3) is 0 Å². The second kappa shape index (κ2) is 4.78. The Bertz CT molecular complexity index is 457. The van der Waals surface area contributed by atoms with Gasteiger partial charge in [0.25, 0.3) is 0 Å². The lowest BCUT2D eigenvalue weighted by molar-refractivity contribution is 0.106. The highest BCUT2D eigenvalue weighted by Crippen LogP contribution is 2.21. The highest BCUT2D eigenvalue weighted by molar-refractivity contribution is 8.15. The maximum Gasteiger partial charge on any atom is 0.214 e. The zero-order valence-corrected chi connectivity index (χ0v) is 9.84. The van der Waals surface area contributed by atoms with Crippen LogP contribution in [0.15, 0.2) is 24.3 Å². The summed E-state index contributed by atoms with van der Waals surface area (Å²) in [5, 5.41) is 8.93. The molecule has 0 bridgehead atoms. The molecule has 0 amide bonds. The second-order valence-electron chi connectivity index (χ2n) is 3.42. The van der Waals surface area contributed by atoms with E-state index in [2.05, 4.69) is 5.32 Å². The Morgan fingerprint density at radius 1 is 1.50 bits per heavy atom. The van der Waals surface area contributed by atoms with Gasteiger partial charge in [-0.3, -0.25) is 15.3 Å². The number of rotatable bonds is 3. The number of hydrogen-bond acceptors (Lipinski definition) is 4. The van der Waals surface area contributed by atoms with Crippen LogP contribution in [0.3, 0.4) is 0 Å². The monoisotopic (exact) mass is 238 g/mol.